The number of likely N-dealkylation sites (tertiary alicyclic amines) is 1. The van der Waals surface area contributed by atoms with Gasteiger partial charge in [0.25, 0.3) is 0 Å². The number of aromatic amines is 1. The fraction of sp³-hybridized carbons (Fsp3) is 0.458. The Morgan fingerprint density at radius 1 is 1.28 bits per heavy atom. The van der Waals surface area contributed by atoms with E-state index >= 15 is 0 Å². The summed E-state index contributed by atoms with van der Waals surface area (Å²) in [6.45, 7) is 4.24. The van der Waals surface area contributed by atoms with Gasteiger partial charge in [-0.1, -0.05) is 12.1 Å². The summed E-state index contributed by atoms with van der Waals surface area (Å²) in [6, 6.07) is 8.50. The molecular weight excluding hydrogens is 498 g/mol. The van der Waals surface area contributed by atoms with E-state index in [0.29, 0.717) is 19.7 Å². The lowest BCUT2D eigenvalue weighted by molar-refractivity contribution is 0.0402. The first kappa shape index (κ1) is 23.7. The van der Waals surface area contributed by atoms with Crippen molar-refractivity contribution in [3.63, 3.8) is 0 Å². The fourth-order valence-electron chi connectivity index (χ4n) is 5.18. The number of aromatic nitrogens is 4. The van der Waals surface area contributed by atoms with Gasteiger partial charge in [-0.15, -0.1) is 11.3 Å². The summed E-state index contributed by atoms with van der Waals surface area (Å²) in [5.74, 6) is 0.718. The number of H-pyrrole nitrogens is 1. The van der Waals surface area contributed by atoms with E-state index in [2.05, 4.69) is 41.8 Å². The molecule has 2 fully saturated rings. The van der Waals surface area contributed by atoms with Gasteiger partial charge >= 0.3 is 0 Å². The lowest BCUT2D eigenvalue weighted by atomic mass is 10.0. The SMILES string of the molecule is CS(=O)(=O)NCC1CCCN1Cc1cc2nc(N3CCOC(c4cccc5[nH]ncc45)C3)ncc2s1. The van der Waals surface area contributed by atoms with Gasteiger partial charge in [0.1, 0.15) is 6.10 Å². The molecule has 0 spiro atoms. The molecule has 0 bridgehead atoms. The van der Waals surface area contributed by atoms with Crippen LogP contribution in [0.2, 0.25) is 0 Å². The van der Waals surface area contributed by atoms with Crippen LogP contribution in [-0.4, -0.2) is 78.6 Å². The number of thiophene rings is 1. The van der Waals surface area contributed by atoms with E-state index in [0.717, 1.165) is 65.1 Å². The van der Waals surface area contributed by atoms with Crippen molar-refractivity contribution in [1.82, 2.24) is 29.8 Å². The molecule has 2 saturated heterocycles. The van der Waals surface area contributed by atoms with Crippen molar-refractivity contribution >= 4 is 48.4 Å². The Labute approximate surface area is 213 Å². The normalized spacial score (nSPS) is 21.6. The first-order valence-electron chi connectivity index (χ1n) is 12.2. The van der Waals surface area contributed by atoms with E-state index in [4.69, 9.17) is 9.72 Å². The number of sulfonamides is 1. The van der Waals surface area contributed by atoms with Crippen molar-refractivity contribution in [1.29, 1.82) is 0 Å². The molecule has 12 heteroatoms. The van der Waals surface area contributed by atoms with Crippen LogP contribution in [0.15, 0.2) is 36.7 Å². The third-order valence-electron chi connectivity index (χ3n) is 6.96. The highest BCUT2D eigenvalue weighted by molar-refractivity contribution is 7.88. The molecule has 0 saturated carbocycles. The Balaban J connectivity index is 1.17. The van der Waals surface area contributed by atoms with Gasteiger partial charge in [0.2, 0.25) is 16.0 Å². The standard InChI is InChI=1S/C24H29N7O3S2/c1-36(32,33)27-11-16-4-3-7-30(16)14-17-10-21-23(35-17)13-25-24(28-21)31-8-9-34-22(15-31)18-5-2-6-20-19(18)12-26-29-20/h2,5-6,10,12-13,16,22,27H,3-4,7-9,11,14-15H2,1H3,(H,26,29). The Morgan fingerprint density at radius 3 is 3.08 bits per heavy atom. The van der Waals surface area contributed by atoms with Gasteiger partial charge in [-0.25, -0.2) is 23.1 Å². The predicted octanol–water partition coefficient (Wildman–Crippen LogP) is 2.66. The van der Waals surface area contributed by atoms with Gasteiger partial charge < -0.3 is 9.64 Å². The number of hydrogen-bond donors (Lipinski definition) is 2. The number of rotatable bonds is 7. The average Bonchev–Trinajstić information content (AvgIpc) is 3.61. The number of nitrogens with one attached hydrogen (secondary N) is 2. The molecule has 10 nitrogen and oxygen atoms in total. The highest BCUT2D eigenvalue weighted by atomic mass is 32.2. The zero-order chi connectivity index (χ0) is 24.7. The average molecular weight is 528 g/mol. The van der Waals surface area contributed by atoms with Crippen molar-refractivity contribution in [2.45, 2.75) is 31.5 Å². The summed E-state index contributed by atoms with van der Waals surface area (Å²) in [4.78, 5) is 15.4. The minimum atomic E-state index is -3.18. The second-order valence-electron chi connectivity index (χ2n) is 9.50. The van der Waals surface area contributed by atoms with Crippen LogP contribution in [0.1, 0.15) is 29.4 Å². The van der Waals surface area contributed by atoms with Crippen LogP contribution < -0.4 is 9.62 Å². The highest BCUT2D eigenvalue weighted by Crippen LogP contribution is 2.32. The van der Waals surface area contributed by atoms with Crippen LogP contribution in [0.3, 0.4) is 0 Å². The minimum absolute atomic E-state index is 0.0787. The Bertz CT molecular complexity index is 1490. The van der Waals surface area contributed by atoms with Crippen molar-refractivity contribution in [3.05, 3.63) is 47.1 Å². The highest BCUT2D eigenvalue weighted by Gasteiger charge is 2.27. The molecule has 1 aromatic carbocycles. The molecule has 4 aromatic rings. The van der Waals surface area contributed by atoms with Crippen molar-refractivity contribution < 1.29 is 13.2 Å². The van der Waals surface area contributed by atoms with Crippen LogP contribution in [0.25, 0.3) is 21.1 Å². The van der Waals surface area contributed by atoms with Crippen LogP contribution >= 0.6 is 11.3 Å². The van der Waals surface area contributed by atoms with E-state index in [-0.39, 0.29) is 12.1 Å². The van der Waals surface area contributed by atoms with Crippen LogP contribution in [0, 0.1) is 0 Å². The summed E-state index contributed by atoms with van der Waals surface area (Å²) >= 11 is 1.71. The summed E-state index contributed by atoms with van der Waals surface area (Å²) < 4.78 is 32.9. The Kier molecular flexibility index (Phi) is 6.38. The number of nitrogens with zero attached hydrogens (tertiary/aromatic N) is 5. The Morgan fingerprint density at radius 2 is 2.19 bits per heavy atom. The molecule has 190 valence electrons. The second kappa shape index (κ2) is 9.67. The maximum atomic E-state index is 11.5. The van der Waals surface area contributed by atoms with E-state index in [1.54, 1.807) is 11.3 Å². The summed E-state index contributed by atoms with van der Waals surface area (Å²) in [5, 5.41) is 8.29. The third-order valence-corrected chi connectivity index (χ3v) is 8.70. The van der Waals surface area contributed by atoms with Crippen molar-refractivity contribution in [2.75, 3.05) is 43.9 Å². The second-order valence-corrected chi connectivity index (χ2v) is 12.5. The summed E-state index contributed by atoms with van der Waals surface area (Å²) in [7, 11) is -3.18. The van der Waals surface area contributed by atoms with Crippen molar-refractivity contribution in [2.24, 2.45) is 0 Å². The number of morpholine rings is 1. The molecule has 2 N–H and O–H groups in total. The minimum Gasteiger partial charge on any atom is -0.370 e. The van der Waals surface area contributed by atoms with Crippen LogP contribution in [-0.2, 0) is 21.3 Å². The first-order chi connectivity index (χ1) is 17.4. The van der Waals surface area contributed by atoms with E-state index in [1.165, 1.54) is 11.1 Å². The zero-order valence-electron chi connectivity index (χ0n) is 20.1. The maximum Gasteiger partial charge on any atom is 0.226 e. The summed E-state index contributed by atoms with van der Waals surface area (Å²) in [5.41, 5.74) is 3.07. The van der Waals surface area contributed by atoms with E-state index in [9.17, 15) is 8.42 Å². The lowest BCUT2D eigenvalue weighted by Crippen LogP contribution is -2.39. The number of benzene rings is 1. The van der Waals surface area contributed by atoms with E-state index in [1.807, 2.05) is 24.5 Å². The monoisotopic (exact) mass is 527 g/mol. The quantitative estimate of drug-likeness (QED) is 0.377. The lowest BCUT2D eigenvalue weighted by Gasteiger charge is -2.33. The maximum absolute atomic E-state index is 11.5. The molecule has 3 aromatic heterocycles. The van der Waals surface area contributed by atoms with Crippen LogP contribution in [0.5, 0.6) is 0 Å². The molecule has 5 heterocycles. The molecular formula is C24H29N7O3S2. The fourth-order valence-corrected chi connectivity index (χ4v) is 6.68. The molecule has 2 aliphatic rings. The number of anilines is 1. The van der Waals surface area contributed by atoms with E-state index < -0.39 is 10.0 Å². The predicted molar refractivity (Wildman–Crippen MR) is 141 cm³/mol. The van der Waals surface area contributed by atoms with Crippen LogP contribution in [0.4, 0.5) is 5.95 Å². The van der Waals surface area contributed by atoms with Gasteiger partial charge in [-0.3, -0.25) is 10.00 Å². The molecule has 0 amide bonds. The first-order valence-corrected chi connectivity index (χ1v) is 14.9. The molecule has 2 aliphatic heterocycles. The topological polar surface area (TPSA) is 116 Å². The van der Waals surface area contributed by atoms with Gasteiger partial charge in [-0.05, 0) is 37.1 Å². The molecule has 2 unspecified atom stereocenters. The van der Waals surface area contributed by atoms with Gasteiger partial charge in [0, 0.05) is 35.9 Å². The van der Waals surface area contributed by atoms with Gasteiger partial charge in [-0.2, -0.15) is 5.10 Å². The molecule has 36 heavy (non-hydrogen) atoms. The molecule has 6 rings (SSSR count). The smallest absolute Gasteiger partial charge is 0.226 e. The third kappa shape index (κ3) is 4.96. The summed E-state index contributed by atoms with van der Waals surface area (Å²) in [6.07, 6.45) is 6.98. The Hall–Kier alpha value is -2.64. The van der Waals surface area contributed by atoms with Gasteiger partial charge in [0.15, 0.2) is 0 Å². The van der Waals surface area contributed by atoms with Gasteiger partial charge in [0.05, 0.1) is 47.5 Å². The largest absolute Gasteiger partial charge is 0.370 e. The number of ether oxygens (including phenoxy) is 1. The molecule has 2 atom stereocenters. The molecule has 0 aliphatic carbocycles. The zero-order valence-corrected chi connectivity index (χ0v) is 21.7. The number of hydrogen-bond acceptors (Lipinski definition) is 9. The van der Waals surface area contributed by atoms with Crippen molar-refractivity contribution in [3.8, 4) is 0 Å². The molecule has 0 radical (unpaired) electrons. The number of fused-ring (bicyclic) bond motifs is 2.